The Morgan fingerprint density at radius 2 is 1.64 bits per heavy atom. The average molecular weight is 385 g/mol. The highest BCUT2D eigenvalue weighted by atomic mass is 19.4. The third-order valence-electron chi connectivity index (χ3n) is 4.15. The van der Waals surface area contributed by atoms with Gasteiger partial charge in [-0.05, 0) is 48.9 Å². The lowest BCUT2D eigenvalue weighted by Gasteiger charge is -2.16. The van der Waals surface area contributed by atoms with Gasteiger partial charge in [-0.1, -0.05) is 30.3 Å². The van der Waals surface area contributed by atoms with E-state index in [2.05, 4.69) is 15.6 Å². The van der Waals surface area contributed by atoms with E-state index in [1.54, 1.807) is 12.1 Å². The maximum atomic E-state index is 12.6. The fourth-order valence-electron chi connectivity index (χ4n) is 2.66. The number of aromatic nitrogens is 1. The van der Waals surface area contributed by atoms with Crippen LogP contribution in [0.1, 0.15) is 34.6 Å². The summed E-state index contributed by atoms with van der Waals surface area (Å²) >= 11 is 0. The second-order valence-electron chi connectivity index (χ2n) is 6.24. The number of carbonyl (C=O) groups is 1. The molecule has 4 nitrogen and oxygen atoms in total. The lowest BCUT2D eigenvalue weighted by Crippen LogP contribution is -2.15. The summed E-state index contributed by atoms with van der Waals surface area (Å²) in [5, 5.41) is 5.85. The number of halogens is 3. The van der Waals surface area contributed by atoms with Crippen LogP contribution in [0.5, 0.6) is 0 Å². The first-order valence-corrected chi connectivity index (χ1v) is 8.59. The molecule has 28 heavy (non-hydrogen) atoms. The number of amides is 1. The fraction of sp³-hybridized carbons (Fsp3) is 0.143. The monoisotopic (exact) mass is 385 g/mol. The van der Waals surface area contributed by atoms with Crippen LogP contribution in [0.25, 0.3) is 0 Å². The molecule has 1 atom stereocenters. The van der Waals surface area contributed by atoms with Gasteiger partial charge in [0.25, 0.3) is 5.91 Å². The third kappa shape index (κ3) is 4.88. The van der Waals surface area contributed by atoms with Crippen LogP contribution in [-0.4, -0.2) is 10.9 Å². The van der Waals surface area contributed by atoms with Crippen LogP contribution in [0.3, 0.4) is 0 Å². The SMILES string of the molecule is CC(Nc1ccnc(C(=O)Nc2ccc(C(F)(F)F)cc2)c1)c1ccccc1. The zero-order chi connectivity index (χ0) is 20.1. The number of alkyl halides is 3. The molecular weight excluding hydrogens is 367 g/mol. The van der Waals surface area contributed by atoms with E-state index < -0.39 is 17.6 Å². The number of rotatable bonds is 5. The van der Waals surface area contributed by atoms with Crippen molar-refractivity contribution in [3.63, 3.8) is 0 Å². The molecule has 0 aliphatic rings. The van der Waals surface area contributed by atoms with Gasteiger partial charge in [0.1, 0.15) is 5.69 Å². The summed E-state index contributed by atoms with van der Waals surface area (Å²) in [5.41, 5.74) is 1.45. The van der Waals surface area contributed by atoms with Crippen molar-refractivity contribution in [2.45, 2.75) is 19.1 Å². The highest BCUT2D eigenvalue weighted by molar-refractivity contribution is 6.03. The molecule has 2 N–H and O–H groups in total. The summed E-state index contributed by atoms with van der Waals surface area (Å²) < 4.78 is 37.8. The van der Waals surface area contributed by atoms with Crippen molar-refractivity contribution in [2.75, 3.05) is 10.6 Å². The number of pyridine rings is 1. The second kappa shape index (κ2) is 8.12. The van der Waals surface area contributed by atoms with Crippen molar-refractivity contribution >= 4 is 17.3 Å². The quantitative estimate of drug-likeness (QED) is 0.608. The van der Waals surface area contributed by atoms with E-state index in [4.69, 9.17) is 0 Å². The molecule has 0 fully saturated rings. The molecule has 2 aromatic carbocycles. The molecule has 3 aromatic rings. The number of nitrogens with one attached hydrogen (secondary N) is 2. The van der Waals surface area contributed by atoms with Gasteiger partial charge in [-0.15, -0.1) is 0 Å². The van der Waals surface area contributed by atoms with E-state index in [9.17, 15) is 18.0 Å². The Morgan fingerprint density at radius 3 is 2.29 bits per heavy atom. The second-order valence-corrected chi connectivity index (χ2v) is 6.24. The topological polar surface area (TPSA) is 54.0 Å². The van der Waals surface area contributed by atoms with Crippen LogP contribution >= 0.6 is 0 Å². The number of anilines is 2. The summed E-state index contributed by atoms with van der Waals surface area (Å²) in [6.07, 6.45) is -2.92. The normalized spacial score (nSPS) is 12.3. The van der Waals surface area contributed by atoms with Crippen LogP contribution in [0, 0.1) is 0 Å². The zero-order valence-corrected chi connectivity index (χ0v) is 15.0. The minimum atomic E-state index is -4.42. The van der Waals surface area contributed by atoms with Gasteiger partial charge in [-0.2, -0.15) is 13.2 Å². The Balaban J connectivity index is 1.68. The molecule has 0 saturated carbocycles. The molecule has 3 rings (SSSR count). The first-order chi connectivity index (χ1) is 13.3. The summed E-state index contributed by atoms with van der Waals surface area (Å²) in [4.78, 5) is 16.4. The van der Waals surface area contributed by atoms with Crippen molar-refractivity contribution in [3.8, 4) is 0 Å². The molecule has 1 unspecified atom stereocenters. The molecule has 1 amide bonds. The maximum absolute atomic E-state index is 12.6. The van der Waals surface area contributed by atoms with Crippen molar-refractivity contribution in [2.24, 2.45) is 0 Å². The maximum Gasteiger partial charge on any atom is 0.416 e. The van der Waals surface area contributed by atoms with Crippen molar-refractivity contribution in [1.82, 2.24) is 4.98 Å². The summed E-state index contributed by atoms with van der Waals surface area (Å²) in [7, 11) is 0. The summed E-state index contributed by atoms with van der Waals surface area (Å²) in [5.74, 6) is -0.504. The molecule has 1 heterocycles. The van der Waals surface area contributed by atoms with E-state index in [1.807, 2.05) is 37.3 Å². The third-order valence-corrected chi connectivity index (χ3v) is 4.15. The van der Waals surface area contributed by atoms with Gasteiger partial charge in [-0.3, -0.25) is 9.78 Å². The molecule has 144 valence electrons. The van der Waals surface area contributed by atoms with E-state index in [0.717, 1.165) is 17.7 Å². The largest absolute Gasteiger partial charge is 0.416 e. The van der Waals surface area contributed by atoms with Gasteiger partial charge in [-0.25, -0.2) is 0 Å². The Hall–Kier alpha value is -3.35. The number of carbonyl (C=O) groups excluding carboxylic acids is 1. The molecule has 0 saturated heterocycles. The van der Waals surface area contributed by atoms with Gasteiger partial charge >= 0.3 is 6.18 Å². The standard InChI is InChI=1S/C21H18F3N3O/c1-14(15-5-3-2-4-6-15)26-18-11-12-25-19(13-18)20(28)27-17-9-7-16(8-10-17)21(22,23)24/h2-14H,1H3,(H,25,26)(H,27,28). The Bertz CT molecular complexity index is 941. The first-order valence-electron chi connectivity index (χ1n) is 8.59. The minimum absolute atomic E-state index is 0.0226. The van der Waals surface area contributed by atoms with E-state index in [0.29, 0.717) is 5.69 Å². The van der Waals surface area contributed by atoms with Crippen molar-refractivity contribution in [1.29, 1.82) is 0 Å². The lowest BCUT2D eigenvalue weighted by atomic mass is 10.1. The van der Waals surface area contributed by atoms with Gasteiger partial charge in [0.05, 0.1) is 5.56 Å². The van der Waals surface area contributed by atoms with E-state index in [1.165, 1.54) is 18.3 Å². The fourth-order valence-corrected chi connectivity index (χ4v) is 2.66. The Kier molecular flexibility index (Phi) is 5.63. The zero-order valence-electron chi connectivity index (χ0n) is 15.0. The molecule has 7 heteroatoms. The van der Waals surface area contributed by atoms with Gasteiger partial charge in [0.15, 0.2) is 0 Å². The Morgan fingerprint density at radius 1 is 0.964 bits per heavy atom. The lowest BCUT2D eigenvalue weighted by molar-refractivity contribution is -0.137. The van der Waals surface area contributed by atoms with E-state index >= 15 is 0 Å². The van der Waals surface area contributed by atoms with Crippen LogP contribution < -0.4 is 10.6 Å². The molecule has 0 aliphatic heterocycles. The first kappa shape index (κ1) is 19.4. The Labute approximate surface area is 160 Å². The molecule has 0 spiro atoms. The number of hydrogen-bond donors (Lipinski definition) is 2. The highest BCUT2D eigenvalue weighted by Crippen LogP contribution is 2.30. The number of hydrogen-bond acceptors (Lipinski definition) is 3. The molecular formula is C21H18F3N3O. The smallest absolute Gasteiger partial charge is 0.378 e. The van der Waals surface area contributed by atoms with Gasteiger partial charge in [0, 0.05) is 23.6 Å². The van der Waals surface area contributed by atoms with Crippen LogP contribution in [0.2, 0.25) is 0 Å². The molecule has 1 aromatic heterocycles. The van der Waals surface area contributed by atoms with Crippen molar-refractivity contribution in [3.05, 3.63) is 89.7 Å². The van der Waals surface area contributed by atoms with Crippen LogP contribution in [-0.2, 0) is 6.18 Å². The van der Waals surface area contributed by atoms with Crippen LogP contribution in [0.4, 0.5) is 24.5 Å². The number of benzene rings is 2. The highest BCUT2D eigenvalue weighted by Gasteiger charge is 2.30. The average Bonchev–Trinajstić information content (AvgIpc) is 2.68. The summed E-state index contributed by atoms with van der Waals surface area (Å²) in [6, 6.07) is 17.4. The predicted octanol–water partition coefficient (Wildman–Crippen LogP) is 5.53. The van der Waals surface area contributed by atoms with Gasteiger partial charge < -0.3 is 10.6 Å². The van der Waals surface area contributed by atoms with E-state index in [-0.39, 0.29) is 17.4 Å². The van der Waals surface area contributed by atoms with Crippen molar-refractivity contribution < 1.29 is 18.0 Å². The molecule has 0 bridgehead atoms. The minimum Gasteiger partial charge on any atom is -0.378 e. The van der Waals surface area contributed by atoms with Crippen LogP contribution in [0.15, 0.2) is 72.9 Å². The number of nitrogens with zero attached hydrogens (tertiary/aromatic N) is 1. The summed E-state index contributed by atoms with van der Waals surface area (Å²) in [6.45, 7) is 2.00. The molecule has 0 aliphatic carbocycles. The molecule has 0 radical (unpaired) electrons. The van der Waals surface area contributed by atoms with Gasteiger partial charge in [0.2, 0.25) is 0 Å². The predicted molar refractivity (Wildman–Crippen MR) is 102 cm³/mol.